The predicted octanol–water partition coefficient (Wildman–Crippen LogP) is 5.79. The molecule has 1 fully saturated rings. The number of carbonyl (C=O) groups excluding carboxylic acids is 1. The molecule has 0 saturated heterocycles. The van der Waals surface area contributed by atoms with Crippen LogP contribution in [0.2, 0.25) is 5.02 Å². The molecule has 0 unspecified atom stereocenters. The number of nitrogens with zero attached hydrogens (tertiary/aromatic N) is 1. The summed E-state index contributed by atoms with van der Waals surface area (Å²) in [6, 6.07) is 7.59. The van der Waals surface area contributed by atoms with Gasteiger partial charge in [-0.25, -0.2) is 9.38 Å². The zero-order chi connectivity index (χ0) is 24.2. The molecule has 7 heteroatoms. The van der Waals surface area contributed by atoms with Crippen molar-refractivity contribution in [3.8, 4) is 0 Å². The highest BCUT2D eigenvalue weighted by Crippen LogP contribution is 2.21. The van der Waals surface area contributed by atoms with Crippen LogP contribution in [0.5, 0.6) is 0 Å². The third kappa shape index (κ3) is 9.10. The fourth-order valence-electron chi connectivity index (χ4n) is 3.22. The molecule has 3 N–H and O–H groups in total. The monoisotopic (exact) mass is 470 g/mol. The molecule has 0 radical (unpaired) electrons. The molecule has 0 bridgehead atoms. The minimum Gasteiger partial charge on any atom is -0.381 e. The Morgan fingerprint density at radius 3 is 2.52 bits per heavy atom. The van der Waals surface area contributed by atoms with E-state index in [0.29, 0.717) is 17.5 Å². The second-order valence-corrected chi connectivity index (χ2v) is 8.20. The number of halogens is 2. The molecule has 2 rings (SSSR count). The van der Waals surface area contributed by atoms with E-state index in [1.807, 2.05) is 37.4 Å². The lowest BCUT2D eigenvalue weighted by Gasteiger charge is -2.15. The molecule has 5 nitrogen and oxygen atoms in total. The lowest BCUT2D eigenvalue weighted by Crippen LogP contribution is -2.40. The minimum absolute atomic E-state index is 0.0195. The molecule has 0 aromatic heterocycles. The number of guanidine groups is 1. The van der Waals surface area contributed by atoms with Crippen LogP contribution in [0.15, 0.2) is 84.3 Å². The summed E-state index contributed by atoms with van der Waals surface area (Å²) in [5.74, 6) is -0.836. The van der Waals surface area contributed by atoms with Crippen LogP contribution in [0, 0.1) is 0 Å². The van der Waals surface area contributed by atoms with Gasteiger partial charge in [-0.1, -0.05) is 63.2 Å². The molecule has 1 aliphatic rings. The first-order valence-electron chi connectivity index (χ1n) is 11.0. The summed E-state index contributed by atoms with van der Waals surface area (Å²) >= 11 is 5.95. The van der Waals surface area contributed by atoms with Crippen molar-refractivity contribution in [3.05, 3.63) is 89.9 Å². The second-order valence-electron chi connectivity index (χ2n) is 7.77. The summed E-state index contributed by atoms with van der Waals surface area (Å²) in [5.41, 5.74) is 2.77. The van der Waals surface area contributed by atoms with E-state index >= 15 is 0 Å². The first-order chi connectivity index (χ1) is 15.8. The number of hydrogen-bond donors (Lipinski definition) is 3. The molecule has 176 valence electrons. The van der Waals surface area contributed by atoms with Crippen LogP contribution in [0.1, 0.15) is 44.6 Å². The van der Waals surface area contributed by atoms with Crippen molar-refractivity contribution >= 4 is 29.2 Å². The number of rotatable bonds is 10. The summed E-state index contributed by atoms with van der Waals surface area (Å²) in [7, 11) is 0. The number of aliphatic imine (C=N–C) groups is 1. The number of allylic oxidation sites excluding steroid dienone is 2. The van der Waals surface area contributed by atoms with E-state index in [-0.39, 0.29) is 11.6 Å². The Bertz CT molecular complexity index is 957. The highest BCUT2D eigenvalue weighted by atomic mass is 35.5. The highest BCUT2D eigenvalue weighted by Gasteiger charge is 2.16. The van der Waals surface area contributed by atoms with Gasteiger partial charge in [0, 0.05) is 29.0 Å². The molecule has 1 amide bonds. The van der Waals surface area contributed by atoms with Gasteiger partial charge in [0.1, 0.15) is 5.83 Å². The maximum Gasteiger partial charge on any atom is 0.257 e. The van der Waals surface area contributed by atoms with E-state index < -0.39 is 11.7 Å². The average Bonchev–Trinajstić information content (AvgIpc) is 3.32. The molecular formula is C26H32ClFN4O. The van der Waals surface area contributed by atoms with Gasteiger partial charge in [-0.15, -0.1) is 0 Å². The lowest BCUT2D eigenvalue weighted by molar-refractivity contribution is -0.115. The van der Waals surface area contributed by atoms with Crippen LogP contribution in [0.25, 0.3) is 5.70 Å². The summed E-state index contributed by atoms with van der Waals surface area (Å²) in [6.07, 6.45) is 8.82. The van der Waals surface area contributed by atoms with Crippen molar-refractivity contribution in [2.24, 2.45) is 4.99 Å². The van der Waals surface area contributed by atoms with Gasteiger partial charge in [-0.2, -0.15) is 0 Å². The molecule has 33 heavy (non-hydrogen) atoms. The van der Waals surface area contributed by atoms with Crippen molar-refractivity contribution in [3.63, 3.8) is 0 Å². The van der Waals surface area contributed by atoms with E-state index in [4.69, 9.17) is 11.6 Å². The third-order valence-electron chi connectivity index (χ3n) is 5.26. The maximum atomic E-state index is 13.4. The predicted molar refractivity (Wildman–Crippen MR) is 136 cm³/mol. The van der Waals surface area contributed by atoms with Crippen LogP contribution in [0.4, 0.5) is 4.39 Å². The van der Waals surface area contributed by atoms with Gasteiger partial charge in [0.05, 0.1) is 6.04 Å². The Balaban J connectivity index is 2.05. The number of amides is 1. The zero-order valence-corrected chi connectivity index (χ0v) is 19.9. The number of hydrogen-bond acceptors (Lipinski definition) is 3. The minimum atomic E-state index is -0.627. The molecule has 1 saturated carbocycles. The molecule has 0 aliphatic heterocycles. The molecular weight excluding hydrogens is 439 g/mol. The smallest absolute Gasteiger partial charge is 0.257 e. The highest BCUT2D eigenvalue weighted by molar-refractivity contribution is 6.30. The number of carbonyl (C=O) groups is 1. The van der Waals surface area contributed by atoms with Gasteiger partial charge in [0.15, 0.2) is 0 Å². The Morgan fingerprint density at radius 1 is 1.24 bits per heavy atom. The fraction of sp³-hybridized carbons (Fsp3) is 0.308. The Morgan fingerprint density at radius 2 is 1.91 bits per heavy atom. The van der Waals surface area contributed by atoms with E-state index in [1.165, 1.54) is 0 Å². The van der Waals surface area contributed by atoms with Crippen LogP contribution >= 0.6 is 11.6 Å². The Kier molecular flexibility index (Phi) is 10.6. The van der Waals surface area contributed by atoms with Crippen molar-refractivity contribution in [2.75, 3.05) is 6.54 Å². The Hall–Kier alpha value is -3.12. The van der Waals surface area contributed by atoms with Crippen LogP contribution in [-0.4, -0.2) is 24.5 Å². The summed E-state index contributed by atoms with van der Waals surface area (Å²) < 4.78 is 13.4. The molecule has 0 spiro atoms. The SMILES string of the molecule is C=C/C(F)=C\C(=C)C(=O)NC(=NC1CCCC1)N/C=C(/CC)CNC(=C)c1ccc(Cl)cc1. The van der Waals surface area contributed by atoms with Gasteiger partial charge in [-0.3, -0.25) is 10.1 Å². The molecule has 0 atom stereocenters. The fourth-order valence-corrected chi connectivity index (χ4v) is 3.35. The Labute approximate surface area is 200 Å². The van der Waals surface area contributed by atoms with Gasteiger partial charge < -0.3 is 10.6 Å². The van der Waals surface area contributed by atoms with Crippen molar-refractivity contribution < 1.29 is 9.18 Å². The van der Waals surface area contributed by atoms with Crippen LogP contribution < -0.4 is 16.0 Å². The van der Waals surface area contributed by atoms with Gasteiger partial charge in [0.2, 0.25) is 5.96 Å². The third-order valence-corrected chi connectivity index (χ3v) is 5.51. The average molecular weight is 471 g/mol. The standard InChI is InChI=1S/C26H32ClFN4O/c1-5-20(16-29-19(4)21-11-13-22(27)14-12-21)17-30-26(31-24-9-7-8-10-24)32-25(33)18(3)15-23(28)6-2/h6,11-15,17,24,29H,2-5,7-10,16H2,1H3,(H2,30,31,32,33)/b20-17-,23-15+. The molecule has 1 aliphatic carbocycles. The first kappa shape index (κ1) is 26.1. The van der Waals surface area contributed by atoms with Crippen LogP contribution in [-0.2, 0) is 4.79 Å². The van der Waals surface area contributed by atoms with Gasteiger partial charge >= 0.3 is 0 Å². The van der Waals surface area contributed by atoms with Gasteiger partial charge in [0.25, 0.3) is 5.91 Å². The van der Waals surface area contributed by atoms with Crippen molar-refractivity contribution in [1.29, 1.82) is 0 Å². The van der Waals surface area contributed by atoms with Crippen LogP contribution in [0.3, 0.4) is 0 Å². The molecule has 1 aromatic carbocycles. The van der Waals surface area contributed by atoms with E-state index in [0.717, 1.165) is 61.1 Å². The summed E-state index contributed by atoms with van der Waals surface area (Å²) in [6.45, 7) is 13.6. The van der Waals surface area contributed by atoms with E-state index in [9.17, 15) is 9.18 Å². The summed E-state index contributed by atoms with van der Waals surface area (Å²) in [5, 5.41) is 9.80. The van der Waals surface area contributed by atoms with Crippen molar-refractivity contribution in [1.82, 2.24) is 16.0 Å². The zero-order valence-electron chi connectivity index (χ0n) is 19.1. The quantitative estimate of drug-likeness (QED) is 0.175. The molecule has 0 heterocycles. The maximum absolute atomic E-state index is 13.4. The largest absolute Gasteiger partial charge is 0.381 e. The van der Waals surface area contributed by atoms with E-state index in [2.05, 4.69) is 40.7 Å². The first-order valence-corrected chi connectivity index (χ1v) is 11.4. The number of benzene rings is 1. The molecule has 1 aromatic rings. The normalized spacial score (nSPS) is 15.2. The van der Waals surface area contributed by atoms with Gasteiger partial charge in [-0.05, 0) is 54.7 Å². The van der Waals surface area contributed by atoms with Crippen molar-refractivity contribution in [2.45, 2.75) is 45.1 Å². The lowest BCUT2D eigenvalue weighted by atomic mass is 10.1. The number of nitrogens with one attached hydrogen (secondary N) is 3. The topological polar surface area (TPSA) is 65.5 Å². The second kappa shape index (κ2) is 13.4. The van der Waals surface area contributed by atoms with E-state index in [1.54, 1.807) is 0 Å². The summed E-state index contributed by atoms with van der Waals surface area (Å²) in [4.78, 5) is 17.1.